The molecule has 1 heterocycles. The number of carbonyl (C=O) groups is 3. The van der Waals surface area contributed by atoms with E-state index in [9.17, 15) is 19.5 Å². The van der Waals surface area contributed by atoms with Crippen LogP contribution >= 0.6 is 0 Å². The van der Waals surface area contributed by atoms with Gasteiger partial charge in [-0.2, -0.15) is 0 Å². The van der Waals surface area contributed by atoms with Crippen LogP contribution in [0.15, 0.2) is 24.3 Å². The number of likely N-dealkylation sites (tertiary alicyclic amines) is 1. The Morgan fingerprint density at radius 2 is 1.65 bits per heavy atom. The van der Waals surface area contributed by atoms with Gasteiger partial charge in [-0.1, -0.05) is 18.9 Å². The lowest BCUT2D eigenvalue weighted by atomic mass is 9.78. The molecule has 1 aliphatic carbocycles. The van der Waals surface area contributed by atoms with Crippen molar-refractivity contribution in [3.63, 3.8) is 0 Å². The van der Waals surface area contributed by atoms with Crippen LogP contribution in [0, 0.1) is 11.8 Å². The summed E-state index contributed by atoms with van der Waals surface area (Å²) in [6.07, 6.45) is 5.88. The number of benzene rings is 1. The summed E-state index contributed by atoms with van der Waals surface area (Å²) < 4.78 is 0. The maximum Gasteiger partial charge on any atom is 0.253 e. The number of carbonyl (C=O) groups excluding carboxylic acids is 3. The molecule has 0 unspecified atom stereocenters. The van der Waals surface area contributed by atoms with Crippen molar-refractivity contribution in [2.75, 3.05) is 18.4 Å². The fraction of sp³-hybridized carbons (Fsp3) is 0.550. The lowest BCUT2D eigenvalue weighted by molar-refractivity contribution is -0.313. The highest BCUT2D eigenvalue weighted by Crippen LogP contribution is 2.31. The summed E-state index contributed by atoms with van der Waals surface area (Å²) >= 11 is 0. The number of carboxylic acid groups (broad SMARTS) is 1. The molecule has 3 rings (SSSR count). The van der Waals surface area contributed by atoms with Gasteiger partial charge in [0, 0.05) is 42.1 Å². The Labute approximate surface area is 153 Å². The lowest BCUT2D eigenvalue weighted by Crippen LogP contribution is -2.42. The smallest absolute Gasteiger partial charge is 0.253 e. The van der Waals surface area contributed by atoms with Crippen LogP contribution in [0.4, 0.5) is 5.69 Å². The Kier molecular flexibility index (Phi) is 5.91. The first-order valence-electron chi connectivity index (χ1n) is 9.47. The molecule has 1 aromatic rings. The van der Waals surface area contributed by atoms with Crippen LogP contribution in [0.3, 0.4) is 0 Å². The Morgan fingerprint density at radius 1 is 0.962 bits per heavy atom. The van der Waals surface area contributed by atoms with Gasteiger partial charge in [-0.25, -0.2) is 0 Å². The molecule has 1 aromatic carbocycles. The van der Waals surface area contributed by atoms with E-state index in [1.54, 1.807) is 24.3 Å². The number of piperidine rings is 1. The van der Waals surface area contributed by atoms with Crippen LogP contribution in [0.5, 0.6) is 0 Å². The van der Waals surface area contributed by atoms with Gasteiger partial charge in [-0.05, 0) is 50.3 Å². The first-order valence-corrected chi connectivity index (χ1v) is 9.47. The average molecular weight is 357 g/mol. The molecule has 2 amide bonds. The van der Waals surface area contributed by atoms with Gasteiger partial charge in [-0.3, -0.25) is 9.59 Å². The van der Waals surface area contributed by atoms with Gasteiger partial charge < -0.3 is 20.1 Å². The second kappa shape index (κ2) is 8.34. The molecule has 6 heteroatoms. The van der Waals surface area contributed by atoms with Crippen LogP contribution in [-0.4, -0.2) is 35.8 Å². The van der Waals surface area contributed by atoms with E-state index in [1.807, 2.05) is 4.90 Å². The number of hydrogen-bond acceptors (Lipinski definition) is 4. The molecule has 0 aromatic heterocycles. The van der Waals surface area contributed by atoms with Crippen LogP contribution in [-0.2, 0) is 9.59 Å². The standard InChI is InChI=1S/C20H26N2O4/c23-18(16-9-2-3-10-17(16)20(25)26)21-15-8-6-7-14(13-15)19(24)22-11-4-1-5-12-22/h6-8,13,16-17H,1-5,9-12H2,(H,21,23)(H,25,26)/p-1/t16-,17+/m1/s1. The highest BCUT2D eigenvalue weighted by atomic mass is 16.4. The van der Waals surface area contributed by atoms with Crippen molar-refractivity contribution in [3.8, 4) is 0 Å². The Morgan fingerprint density at radius 3 is 2.35 bits per heavy atom. The molecule has 0 spiro atoms. The maximum absolute atomic E-state index is 12.6. The second-order valence-corrected chi connectivity index (χ2v) is 7.24. The van der Waals surface area contributed by atoms with E-state index in [1.165, 1.54) is 0 Å². The summed E-state index contributed by atoms with van der Waals surface area (Å²) in [5.41, 5.74) is 1.07. The number of hydrogen-bond donors (Lipinski definition) is 1. The average Bonchev–Trinajstić information content (AvgIpc) is 2.68. The number of anilines is 1. The van der Waals surface area contributed by atoms with Crippen LogP contribution in [0.25, 0.3) is 0 Å². The molecular weight excluding hydrogens is 332 g/mol. The van der Waals surface area contributed by atoms with Gasteiger partial charge in [0.2, 0.25) is 5.91 Å². The summed E-state index contributed by atoms with van der Waals surface area (Å²) in [5.74, 6) is -2.79. The van der Waals surface area contributed by atoms with Crippen LogP contribution < -0.4 is 10.4 Å². The van der Waals surface area contributed by atoms with Gasteiger partial charge >= 0.3 is 0 Å². The number of rotatable bonds is 4. The third kappa shape index (κ3) is 4.23. The van der Waals surface area contributed by atoms with Crippen molar-refractivity contribution in [3.05, 3.63) is 29.8 Å². The summed E-state index contributed by atoms with van der Waals surface area (Å²) in [6.45, 7) is 1.54. The summed E-state index contributed by atoms with van der Waals surface area (Å²) in [4.78, 5) is 38.3. The van der Waals surface area contributed by atoms with Crippen molar-refractivity contribution < 1.29 is 19.5 Å². The van der Waals surface area contributed by atoms with Crippen molar-refractivity contribution in [1.29, 1.82) is 0 Å². The van der Waals surface area contributed by atoms with E-state index < -0.39 is 17.8 Å². The highest BCUT2D eigenvalue weighted by molar-refractivity contribution is 5.98. The zero-order chi connectivity index (χ0) is 18.5. The van der Waals surface area contributed by atoms with E-state index in [0.717, 1.165) is 45.2 Å². The van der Waals surface area contributed by atoms with E-state index in [-0.39, 0.29) is 11.8 Å². The predicted octanol–water partition coefficient (Wildman–Crippen LogP) is 1.81. The molecule has 1 saturated heterocycles. The summed E-state index contributed by atoms with van der Waals surface area (Å²) in [7, 11) is 0. The quantitative estimate of drug-likeness (QED) is 0.890. The highest BCUT2D eigenvalue weighted by Gasteiger charge is 2.31. The molecule has 1 N–H and O–H groups in total. The first-order chi connectivity index (χ1) is 12.6. The van der Waals surface area contributed by atoms with Gasteiger partial charge in [0.05, 0.1) is 0 Å². The Balaban J connectivity index is 1.68. The SMILES string of the molecule is O=C([O-])[C@H]1CCCC[C@H]1C(=O)Nc1cccc(C(=O)N2CCCCC2)c1. The molecule has 6 nitrogen and oxygen atoms in total. The molecular formula is C20H25N2O4-. The predicted molar refractivity (Wildman–Crippen MR) is 95.3 cm³/mol. The third-order valence-corrected chi connectivity index (χ3v) is 5.43. The van der Waals surface area contributed by atoms with Crippen molar-refractivity contribution in [1.82, 2.24) is 4.90 Å². The number of carboxylic acids is 1. The molecule has 2 fully saturated rings. The summed E-state index contributed by atoms with van der Waals surface area (Å²) in [5, 5.41) is 14.1. The fourth-order valence-corrected chi connectivity index (χ4v) is 3.97. The Bertz CT molecular complexity index is 682. The fourth-order valence-electron chi connectivity index (χ4n) is 3.97. The zero-order valence-corrected chi connectivity index (χ0v) is 14.9. The van der Waals surface area contributed by atoms with Crippen molar-refractivity contribution in [2.24, 2.45) is 11.8 Å². The monoisotopic (exact) mass is 357 g/mol. The normalized spacial score (nSPS) is 23.3. The first kappa shape index (κ1) is 18.4. The number of aliphatic carboxylic acids is 1. The lowest BCUT2D eigenvalue weighted by Gasteiger charge is -2.31. The molecule has 0 radical (unpaired) electrons. The van der Waals surface area contributed by atoms with Gasteiger partial charge in [0.15, 0.2) is 0 Å². The minimum absolute atomic E-state index is 0.0222. The molecule has 2 atom stereocenters. The zero-order valence-electron chi connectivity index (χ0n) is 14.9. The van der Waals surface area contributed by atoms with E-state index >= 15 is 0 Å². The minimum Gasteiger partial charge on any atom is -0.550 e. The third-order valence-electron chi connectivity index (χ3n) is 5.43. The topological polar surface area (TPSA) is 89.5 Å². The number of amides is 2. The van der Waals surface area contributed by atoms with Gasteiger partial charge in [0.25, 0.3) is 5.91 Å². The molecule has 0 bridgehead atoms. The number of nitrogens with zero attached hydrogens (tertiary/aromatic N) is 1. The summed E-state index contributed by atoms with van der Waals surface area (Å²) in [6, 6.07) is 6.88. The maximum atomic E-state index is 12.6. The molecule has 26 heavy (non-hydrogen) atoms. The molecule has 140 valence electrons. The van der Waals surface area contributed by atoms with Crippen LogP contribution in [0.2, 0.25) is 0 Å². The van der Waals surface area contributed by atoms with Crippen molar-refractivity contribution >= 4 is 23.5 Å². The number of nitrogens with one attached hydrogen (secondary N) is 1. The minimum atomic E-state index is -1.15. The van der Waals surface area contributed by atoms with Gasteiger partial charge in [0.1, 0.15) is 0 Å². The van der Waals surface area contributed by atoms with E-state index in [4.69, 9.17) is 0 Å². The van der Waals surface area contributed by atoms with Gasteiger partial charge in [-0.15, -0.1) is 0 Å². The second-order valence-electron chi connectivity index (χ2n) is 7.24. The molecule has 1 saturated carbocycles. The van der Waals surface area contributed by atoms with E-state index in [2.05, 4.69) is 5.32 Å². The van der Waals surface area contributed by atoms with E-state index in [0.29, 0.717) is 24.1 Å². The Hall–Kier alpha value is -2.37. The molecule has 1 aliphatic heterocycles. The largest absolute Gasteiger partial charge is 0.550 e. The molecule has 2 aliphatic rings. The van der Waals surface area contributed by atoms with Crippen molar-refractivity contribution in [2.45, 2.75) is 44.9 Å². The van der Waals surface area contributed by atoms with Crippen LogP contribution in [0.1, 0.15) is 55.3 Å².